The van der Waals surface area contributed by atoms with Gasteiger partial charge in [-0.2, -0.15) is 0 Å². The maximum Gasteiger partial charge on any atom is 0.303 e. The Balaban J connectivity index is 1.74. The largest absolute Gasteiger partial charge is 0.481 e. The van der Waals surface area contributed by atoms with E-state index in [1.807, 2.05) is 0 Å². The number of carboxylic acids is 1. The summed E-state index contributed by atoms with van der Waals surface area (Å²) in [4.78, 5) is 10.3. The molecule has 0 aromatic rings. The van der Waals surface area contributed by atoms with Crippen LogP contribution in [0.3, 0.4) is 0 Å². The highest BCUT2D eigenvalue weighted by Crippen LogP contribution is 2.16. The smallest absolute Gasteiger partial charge is 0.303 e. The van der Waals surface area contributed by atoms with Crippen molar-refractivity contribution in [2.24, 2.45) is 0 Å². The van der Waals surface area contributed by atoms with Crippen LogP contribution in [0.2, 0.25) is 0 Å². The van der Waals surface area contributed by atoms with E-state index in [4.69, 9.17) is 5.11 Å². The summed E-state index contributed by atoms with van der Waals surface area (Å²) >= 11 is 0. The first-order valence-electron chi connectivity index (χ1n) is 8.15. The van der Waals surface area contributed by atoms with Gasteiger partial charge in [0.15, 0.2) is 0 Å². The van der Waals surface area contributed by atoms with Crippen molar-refractivity contribution in [2.75, 3.05) is 17.3 Å². The summed E-state index contributed by atoms with van der Waals surface area (Å²) < 4.78 is 0. The third-order valence-corrected chi connectivity index (χ3v) is 6.54. The molecule has 112 valence electrons. The molecule has 0 aromatic carbocycles. The minimum Gasteiger partial charge on any atom is -0.481 e. The van der Waals surface area contributed by atoms with Crippen LogP contribution >= 0.6 is 0 Å². The normalized spacial score (nSPS) is 16.6. The predicted octanol–water partition coefficient (Wildman–Crippen LogP) is 4.38. The lowest BCUT2D eigenvalue weighted by atomic mass is 10.1. The van der Waals surface area contributed by atoms with Crippen LogP contribution in [-0.4, -0.2) is 28.3 Å². The maximum atomic E-state index is 10.3. The summed E-state index contributed by atoms with van der Waals surface area (Å²) in [7, 11) is 0.784. The summed E-state index contributed by atoms with van der Waals surface area (Å²) in [6.45, 7) is 0. The molecule has 0 unspecified atom stereocenters. The van der Waals surface area contributed by atoms with E-state index in [2.05, 4.69) is 0 Å². The van der Waals surface area contributed by atoms with Gasteiger partial charge < -0.3 is 5.11 Å². The van der Waals surface area contributed by atoms with Crippen molar-refractivity contribution in [1.82, 2.24) is 0 Å². The monoisotopic (exact) mass is 287 g/mol. The van der Waals surface area contributed by atoms with E-state index in [1.165, 1.54) is 75.0 Å². The third-order valence-electron chi connectivity index (χ3n) is 3.94. The van der Waals surface area contributed by atoms with E-state index in [0.717, 1.165) is 23.7 Å². The van der Waals surface area contributed by atoms with E-state index in [1.54, 1.807) is 0 Å². The van der Waals surface area contributed by atoms with Gasteiger partial charge in [0.2, 0.25) is 0 Å². The number of carboxylic acid groups (broad SMARTS) is 1. The van der Waals surface area contributed by atoms with Crippen LogP contribution in [0.1, 0.15) is 77.0 Å². The maximum absolute atomic E-state index is 10.3. The highest BCUT2D eigenvalue weighted by Gasteiger charge is 2.20. The molecule has 1 saturated heterocycles. The number of rotatable bonds is 11. The van der Waals surface area contributed by atoms with Gasteiger partial charge in [0.05, 0.1) is 0 Å². The van der Waals surface area contributed by atoms with Gasteiger partial charge >= 0.3 is 5.97 Å². The Labute approximate surface area is 121 Å². The van der Waals surface area contributed by atoms with Gasteiger partial charge in [-0.3, -0.25) is 4.79 Å². The SMILES string of the molecule is O=C(O)CCCCCCCCCC[S+]1CCCCC1. The second-order valence-electron chi connectivity index (χ2n) is 5.76. The number of unbranched alkanes of at least 4 members (excludes halogenated alkanes) is 7. The first-order chi connectivity index (χ1) is 9.29. The summed E-state index contributed by atoms with van der Waals surface area (Å²) in [5, 5.41) is 8.52. The van der Waals surface area contributed by atoms with Crippen LogP contribution in [0.15, 0.2) is 0 Å². The summed E-state index contributed by atoms with van der Waals surface area (Å²) in [5.41, 5.74) is 0. The average Bonchev–Trinajstić information content (AvgIpc) is 2.42. The van der Waals surface area contributed by atoms with Gasteiger partial charge in [0, 0.05) is 6.42 Å². The molecular formula is C16H31O2S+. The topological polar surface area (TPSA) is 37.3 Å². The molecule has 0 aromatic heterocycles. The lowest BCUT2D eigenvalue weighted by molar-refractivity contribution is -0.137. The first kappa shape index (κ1) is 16.9. The molecule has 0 aliphatic carbocycles. The fraction of sp³-hybridized carbons (Fsp3) is 0.938. The van der Waals surface area contributed by atoms with Gasteiger partial charge in [-0.15, -0.1) is 0 Å². The number of aliphatic carboxylic acids is 1. The molecule has 1 N–H and O–H groups in total. The van der Waals surface area contributed by atoms with E-state index < -0.39 is 5.97 Å². The minimum atomic E-state index is -0.649. The molecule has 2 nitrogen and oxygen atoms in total. The molecule has 1 aliphatic rings. The Kier molecular flexibility index (Phi) is 10.3. The van der Waals surface area contributed by atoms with Crippen molar-refractivity contribution < 1.29 is 9.90 Å². The average molecular weight is 287 g/mol. The highest BCUT2D eigenvalue weighted by atomic mass is 32.2. The molecule has 0 saturated carbocycles. The van der Waals surface area contributed by atoms with Crippen molar-refractivity contribution in [2.45, 2.75) is 77.0 Å². The molecule has 1 heterocycles. The molecular weight excluding hydrogens is 256 g/mol. The number of hydrogen-bond acceptors (Lipinski definition) is 1. The Bertz CT molecular complexity index is 225. The Morgan fingerprint density at radius 1 is 0.789 bits per heavy atom. The Morgan fingerprint density at radius 2 is 1.32 bits per heavy atom. The molecule has 0 spiro atoms. The van der Waals surface area contributed by atoms with Gasteiger partial charge in [-0.1, -0.05) is 32.1 Å². The van der Waals surface area contributed by atoms with E-state index in [9.17, 15) is 4.79 Å². The van der Waals surface area contributed by atoms with Crippen LogP contribution in [0, 0.1) is 0 Å². The molecule has 1 rings (SSSR count). The molecule has 0 bridgehead atoms. The summed E-state index contributed by atoms with van der Waals surface area (Å²) in [6, 6.07) is 0. The van der Waals surface area contributed by atoms with Gasteiger partial charge in [0.1, 0.15) is 17.3 Å². The number of carbonyl (C=O) groups is 1. The zero-order chi connectivity index (χ0) is 13.8. The zero-order valence-electron chi connectivity index (χ0n) is 12.4. The van der Waals surface area contributed by atoms with Crippen LogP contribution < -0.4 is 0 Å². The van der Waals surface area contributed by atoms with E-state index in [-0.39, 0.29) is 0 Å². The predicted molar refractivity (Wildman–Crippen MR) is 85.0 cm³/mol. The van der Waals surface area contributed by atoms with Gasteiger partial charge in [-0.05, 0) is 49.4 Å². The van der Waals surface area contributed by atoms with Crippen molar-refractivity contribution in [1.29, 1.82) is 0 Å². The van der Waals surface area contributed by atoms with Crippen molar-refractivity contribution in [3.05, 3.63) is 0 Å². The molecule has 0 amide bonds. The molecule has 19 heavy (non-hydrogen) atoms. The van der Waals surface area contributed by atoms with Crippen LogP contribution in [0.5, 0.6) is 0 Å². The lowest BCUT2D eigenvalue weighted by Gasteiger charge is -2.13. The fourth-order valence-electron chi connectivity index (χ4n) is 2.74. The summed E-state index contributed by atoms with van der Waals surface area (Å²) in [6.07, 6.45) is 14.9. The van der Waals surface area contributed by atoms with Crippen LogP contribution in [0.25, 0.3) is 0 Å². The third kappa shape index (κ3) is 10.3. The minimum absolute atomic E-state index is 0.350. The van der Waals surface area contributed by atoms with Crippen LogP contribution in [-0.2, 0) is 15.7 Å². The number of hydrogen-bond donors (Lipinski definition) is 1. The second-order valence-corrected chi connectivity index (χ2v) is 8.21. The standard InChI is InChI=1S/C16H30O2S/c17-16(18)12-8-5-3-1-2-4-6-9-13-19-14-10-7-11-15-19/h1-15H2/p+1. The second kappa shape index (κ2) is 11.6. The Morgan fingerprint density at radius 3 is 1.89 bits per heavy atom. The molecule has 1 fully saturated rings. The fourth-order valence-corrected chi connectivity index (χ4v) is 5.19. The van der Waals surface area contributed by atoms with Gasteiger partial charge in [-0.25, -0.2) is 0 Å². The van der Waals surface area contributed by atoms with E-state index >= 15 is 0 Å². The van der Waals surface area contributed by atoms with Crippen molar-refractivity contribution >= 4 is 16.9 Å². The summed E-state index contributed by atoms with van der Waals surface area (Å²) in [5.74, 6) is 3.88. The molecule has 3 heteroatoms. The zero-order valence-corrected chi connectivity index (χ0v) is 13.2. The van der Waals surface area contributed by atoms with E-state index in [0.29, 0.717) is 6.42 Å². The quantitative estimate of drug-likeness (QED) is 0.452. The molecule has 0 atom stereocenters. The van der Waals surface area contributed by atoms with Crippen LogP contribution in [0.4, 0.5) is 0 Å². The van der Waals surface area contributed by atoms with Crippen molar-refractivity contribution in [3.63, 3.8) is 0 Å². The van der Waals surface area contributed by atoms with Gasteiger partial charge in [0.25, 0.3) is 0 Å². The first-order valence-corrected chi connectivity index (χ1v) is 9.88. The van der Waals surface area contributed by atoms with Crippen molar-refractivity contribution in [3.8, 4) is 0 Å². The molecule has 0 radical (unpaired) electrons. The highest BCUT2D eigenvalue weighted by molar-refractivity contribution is 7.96. The Hall–Kier alpha value is -0.180. The molecule has 1 aliphatic heterocycles. The lowest BCUT2D eigenvalue weighted by Crippen LogP contribution is -2.20.